The molecule has 0 fully saturated rings. The van der Waals surface area contributed by atoms with Crippen molar-refractivity contribution in [2.24, 2.45) is 0 Å². The van der Waals surface area contributed by atoms with Gasteiger partial charge in [-0.3, -0.25) is 4.79 Å². The smallest absolute Gasteiger partial charge is 0.262 e. The van der Waals surface area contributed by atoms with Gasteiger partial charge >= 0.3 is 0 Å². The van der Waals surface area contributed by atoms with E-state index in [0.29, 0.717) is 5.69 Å². The van der Waals surface area contributed by atoms with Gasteiger partial charge in [0.2, 0.25) is 0 Å². The van der Waals surface area contributed by atoms with Gasteiger partial charge < -0.3 is 10.1 Å². The molecule has 0 unspecified atom stereocenters. The molecule has 0 radical (unpaired) electrons. The minimum absolute atomic E-state index is 0.0645. The van der Waals surface area contributed by atoms with Gasteiger partial charge in [0.25, 0.3) is 5.91 Å². The molecule has 20 heavy (non-hydrogen) atoms. The van der Waals surface area contributed by atoms with Crippen LogP contribution in [0.15, 0.2) is 46.9 Å². The average Bonchev–Trinajstić information content (AvgIpc) is 2.42. The van der Waals surface area contributed by atoms with Crippen LogP contribution < -0.4 is 10.1 Å². The Bertz CT molecular complexity index is 631. The molecular weight excluding hydrogens is 325 g/mol. The molecule has 5 heteroatoms. The van der Waals surface area contributed by atoms with Gasteiger partial charge in [0.15, 0.2) is 18.2 Å². The first kappa shape index (κ1) is 14.5. The SMILES string of the molecule is Cc1cc(NC(=O)COc2ccccc2F)ccc1Br. The molecule has 2 rings (SSSR count). The fourth-order valence-electron chi connectivity index (χ4n) is 1.62. The monoisotopic (exact) mass is 337 g/mol. The Morgan fingerprint density at radius 1 is 1.30 bits per heavy atom. The van der Waals surface area contributed by atoms with Crippen LogP contribution in [-0.2, 0) is 4.79 Å². The van der Waals surface area contributed by atoms with E-state index < -0.39 is 5.82 Å². The van der Waals surface area contributed by atoms with Gasteiger partial charge in [-0.05, 0) is 42.8 Å². The van der Waals surface area contributed by atoms with Crippen molar-refractivity contribution in [2.45, 2.75) is 6.92 Å². The van der Waals surface area contributed by atoms with Crippen molar-refractivity contribution in [1.82, 2.24) is 0 Å². The summed E-state index contributed by atoms with van der Waals surface area (Å²) in [5.41, 5.74) is 1.69. The van der Waals surface area contributed by atoms with Crippen LogP contribution in [0.2, 0.25) is 0 Å². The van der Waals surface area contributed by atoms with Crippen LogP contribution in [0.4, 0.5) is 10.1 Å². The maximum atomic E-state index is 13.3. The van der Waals surface area contributed by atoms with Crippen LogP contribution in [0.25, 0.3) is 0 Å². The molecule has 0 aliphatic carbocycles. The largest absolute Gasteiger partial charge is 0.481 e. The van der Waals surface area contributed by atoms with E-state index in [4.69, 9.17) is 4.74 Å². The summed E-state index contributed by atoms with van der Waals surface area (Å²) in [5.74, 6) is -0.760. The molecule has 0 bridgehead atoms. The number of hydrogen-bond donors (Lipinski definition) is 1. The summed E-state index contributed by atoms with van der Waals surface area (Å²) in [5, 5.41) is 2.69. The van der Waals surface area contributed by atoms with Crippen molar-refractivity contribution >= 4 is 27.5 Å². The first-order chi connectivity index (χ1) is 9.56. The minimum Gasteiger partial charge on any atom is -0.481 e. The number of amides is 1. The van der Waals surface area contributed by atoms with Gasteiger partial charge in [0.1, 0.15) is 0 Å². The fraction of sp³-hybridized carbons (Fsp3) is 0.133. The highest BCUT2D eigenvalue weighted by Gasteiger charge is 2.07. The Morgan fingerprint density at radius 3 is 2.75 bits per heavy atom. The second-order valence-electron chi connectivity index (χ2n) is 4.23. The lowest BCUT2D eigenvalue weighted by atomic mass is 10.2. The summed E-state index contributed by atoms with van der Waals surface area (Å²) < 4.78 is 19.4. The highest BCUT2D eigenvalue weighted by atomic mass is 79.9. The van der Waals surface area contributed by atoms with Crippen molar-refractivity contribution in [2.75, 3.05) is 11.9 Å². The van der Waals surface area contributed by atoms with Crippen LogP contribution >= 0.6 is 15.9 Å². The first-order valence-electron chi connectivity index (χ1n) is 5.99. The standard InChI is InChI=1S/C15H13BrFNO2/c1-10-8-11(6-7-12(10)16)18-15(19)9-20-14-5-3-2-4-13(14)17/h2-8H,9H2,1H3,(H,18,19). The van der Waals surface area contributed by atoms with E-state index in [-0.39, 0.29) is 18.3 Å². The number of ether oxygens (including phenoxy) is 1. The van der Waals surface area contributed by atoms with E-state index in [9.17, 15) is 9.18 Å². The minimum atomic E-state index is -0.486. The zero-order valence-electron chi connectivity index (χ0n) is 10.8. The molecule has 0 spiro atoms. The molecule has 2 aromatic rings. The highest BCUT2D eigenvalue weighted by Crippen LogP contribution is 2.20. The topological polar surface area (TPSA) is 38.3 Å². The van der Waals surface area contributed by atoms with E-state index in [0.717, 1.165) is 10.0 Å². The van der Waals surface area contributed by atoms with Gasteiger partial charge in [-0.15, -0.1) is 0 Å². The lowest BCUT2D eigenvalue weighted by Gasteiger charge is -2.09. The van der Waals surface area contributed by atoms with Crippen LogP contribution in [-0.4, -0.2) is 12.5 Å². The number of carbonyl (C=O) groups excluding carboxylic acids is 1. The van der Waals surface area contributed by atoms with Gasteiger partial charge in [-0.1, -0.05) is 28.1 Å². The molecule has 0 heterocycles. The lowest BCUT2D eigenvalue weighted by Crippen LogP contribution is -2.20. The molecule has 3 nitrogen and oxygen atoms in total. The summed E-state index contributed by atoms with van der Waals surface area (Å²) in [6.45, 7) is 1.69. The maximum Gasteiger partial charge on any atom is 0.262 e. The number of carbonyl (C=O) groups is 1. The van der Waals surface area contributed by atoms with Gasteiger partial charge in [-0.25, -0.2) is 4.39 Å². The number of rotatable bonds is 4. The van der Waals surface area contributed by atoms with Crippen molar-refractivity contribution in [3.63, 3.8) is 0 Å². The van der Waals surface area contributed by atoms with E-state index in [1.807, 2.05) is 19.1 Å². The summed E-state index contributed by atoms with van der Waals surface area (Å²) >= 11 is 3.39. The number of benzene rings is 2. The molecule has 0 saturated carbocycles. The summed E-state index contributed by atoms with van der Waals surface area (Å²) in [6.07, 6.45) is 0. The van der Waals surface area contributed by atoms with Gasteiger partial charge in [-0.2, -0.15) is 0 Å². The number of para-hydroxylation sites is 1. The molecule has 1 amide bonds. The van der Waals surface area contributed by atoms with Crippen molar-refractivity contribution in [3.8, 4) is 5.75 Å². The number of hydrogen-bond acceptors (Lipinski definition) is 2. The van der Waals surface area contributed by atoms with Crippen molar-refractivity contribution in [1.29, 1.82) is 0 Å². The molecule has 0 aliphatic rings. The molecule has 1 N–H and O–H groups in total. The zero-order valence-corrected chi connectivity index (χ0v) is 12.4. The highest BCUT2D eigenvalue weighted by molar-refractivity contribution is 9.10. The quantitative estimate of drug-likeness (QED) is 0.918. The normalized spacial score (nSPS) is 10.2. The Labute approximate surface area is 124 Å². The third-order valence-electron chi connectivity index (χ3n) is 2.64. The van der Waals surface area contributed by atoms with Crippen LogP contribution in [0.1, 0.15) is 5.56 Å². The number of anilines is 1. The van der Waals surface area contributed by atoms with Crippen LogP contribution in [0.5, 0.6) is 5.75 Å². The van der Waals surface area contributed by atoms with E-state index in [1.54, 1.807) is 18.2 Å². The van der Waals surface area contributed by atoms with Crippen LogP contribution in [0, 0.1) is 12.7 Å². The molecule has 2 aromatic carbocycles. The third-order valence-corrected chi connectivity index (χ3v) is 3.53. The Kier molecular flexibility index (Phi) is 4.74. The zero-order chi connectivity index (χ0) is 14.5. The maximum absolute atomic E-state index is 13.3. The molecular formula is C15H13BrFNO2. The molecule has 104 valence electrons. The third kappa shape index (κ3) is 3.81. The second-order valence-corrected chi connectivity index (χ2v) is 5.09. The predicted octanol–water partition coefficient (Wildman–Crippen LogP) is 3.91. The molecule has 0 aliphatic heterocycles. The van der Waals surface area contributed by atoms with Crippen molar-refractivity contribution in [3.05, 3.63) is 58.3 Å². The van der Waals surface area contributed by atoms with Crippen LogP contribution in [0.3, 0.4) is 0 Å². The van der Waals surface area contributed by atoms with Gasteiger partial charge in [0.05, 0.1) is 0 Å². The molecule has 0 atom stereocenters. The molecule has 0 saturated heterocycles. The second kappa shape index (κ2) is 6.52. The number of nitrogens with one attached hydrogen (secondary N) is 1. The Hall–Kier alpha value is -1.88. The van der Waals surface area contributed by atoms with E-state index >= 15 is 0 Å². The van der Waals surface area contributed by atoms with E-state index in [1.165, 1.54) is 12.1 Å². The number of aryl methyl sites for hydroxylation is 1. The van der Waals surface area contributed by atoms with Crippen molar-refractivity contribution < 1.29 is 13.9 Å². The predicted molar refractivity (Wildman–Crippen MR) is 79.4 cm³/mol. The van der Waals surface area contributed by atoms with Gasteiger partial charge in [0, 0.05) is 10.2 Å². The molecule has 0 aromatic heterocycles. The summed E-state index contributed by atoms with van der Waals surface area (Å²) in [4.78, 5) is 11.7. The number of halogens is 2. The summed E-state index contributed by atoms with van der Waals surface area (Å²) in [6, 6.07) is 11.4. The lowest BCUT2D eigenvalue weighted by molar-refractivity contribution is -0.118. The Balaban J connectivity index is 1.93. The average molecular weight is 338 g/mol. The van der Waals surface area contributed by atoms with E-state index in [2.05, 4.69) is 21.2 Å². The first-order valence-corrected chi connectivity index (χ1v) is 6.79. The fourth-order valence-corrected chi connectivity index (χ4v) is 1.87. The Morgan fingerprint density at radius 2 is 2.05 bits per heavy atom. The summed E-state index contributed by atoms with van der Waals surface area (Å²) in [7, 11) is 0.